The molecule has 15 heavy (non-hydrogen) atoms. The Balaban J connectivity index is 3.19. The van der Waals surface area contributed by atoms with Gasteiger partial charge in [0.05, 0.1) is 6.61 Å². The SMILES string of the molecule is CCCCCOC(=O)CCCNC(C)C. The summed E-state index contributed by atoms with van der Waals surface area (Å²) in [5, 5.41) is 3.27. The Labute approximate surface area is 93.6 Å². The molecule has 0 aliphatic heterocycles. The van der Waals surface area contributed by atoms with Crippen molar-refractivity contribution in [1.82, 2.24) is 5.32 Å². The zero-order valence-corrected chi connectivity index (χ0v) is 10.3. The van der Waals surface area contributed by atoms with E-state index in [0.717, 1.165) is 32.2 Å². The van der Waals surface area contributed by atoms with E-state index in [9.17, 15) is 4.79 Å². The minimum Gasteiger partial charge on any atom is -0.466 e. The first-order chi connectivity index (χ1) is 7.16. The Bertz CT molecular complexity index is 158. The van der Waals surface area contributed by atoms with E-state index in [1.165, 1.54) is 0 Å². The van der Waals surface area contributed by atoms with E-state index in [-0.39, 0.29) is 5.97 Å². The molecule has 0 saturated carbocycles. The van der Waals surface area contributed by atoms with Crippen LogP contribution in [0.5, 0.6) is 0 Å². The maximum atomic E-state index is 11.2. The predicted octanol–water partition coefficient (Wildman–Crippen LogP) is 2.50. The zero-order chi connectivity index (χ0) is 11.5. The third-order valence-corrected chi connectivity index (χ3v) is 2.12. The first-order valence-electron chi connectivity index (χ1n) is 6.05. The van der Waals surface area contributed by atoms with Crippen LogP contribution in [0.25, 0.3) is 0 Å². The van der Waals surface area contributed by atoms with Gasteiger partial charge in [-0.25, -0.2) is 0 Å². The van der Waals surface area contributed by atoms with Crippen molar-refractivity contribution in [3.05, 3.63) is 0 Å². The molecule has 0 aromatic carbocycles. The Morgan fingerprint density at radius 1 is 1.27 bits per heavy atom. The summed E-state index contributed by atoms with van der Waals surface area (Å²) in [6.45, 7) is 7.82. The number of carbonyl (C=O) groups excluding carboxylic acids is 1. The molecule has 0 bridgehead atoms. The van der Waals surface area contributed by atoms with Gasteiger partial charge in [-0.05, 0) is 19.4 Å². The predicted molar refractivity (Wildman–Crippen MR) is 62.9 cm³/mol. The van der Waals surface area contributed by atoms with Gasteiger partial charge in [0.15, 0.2) is 0 Å². The summed E-state index contributed by atoms with van der Waals surface area (Å²) in [6.07, 6.45) is 4.70. The van der Waals surface area contributed by atoms with Gasteiger partial charge in [0.1, 0.15) is 0 Å². The highest BCUT2D eigenvalue weighted by molar-refractivity contribution is 5.69. The standard InChI is InChI=1S/C12H25NO2/c1-4-5-6-10-15-12(14)8-7-9-13-11(2)3/h11,13H,4-10H2,1-3H3. The van der Waals surface area contributed by atoms with Crippen LogP contribution in [0.3, 0.4) is 0 Å². The molecule has 0 radical (unpaired) electrons. The van der Waals surface area contributed by atoms with Crippen LogP contribution < -0.4 is 5.32 Å². The lowest BCUT2D eigenvalue weighted by atomic mass is 10.2. The normalized spacial score (nSPS) is 10.7. The van der Waals surface area contributed by atoms with Crippen LogP contribution >= 0.6 is 0 Å². The average molecular weight is 215 g/mol. The minimum absolute atomic E-state index is 0.0586. The van der Waals surface area contributed by atoms with Crippen molar-refractivity contribution in [2.45, 2.75) is 58.9 Å². The number of esters is 1. The van der Waals surface area contributed by atoms with Crippen molar-refractivity contribution < 1.29 is 9.53 Å². The summed E-state index contributed by atoms with van der Waals surface area (Å²) in [5.74, 6) is -0.0586. The maximum absolute atomic E-state index is 11.2. The molecule has 0 aliphatic rings. The van der Waals surface area contributed by atoms with Crippen molar-refractivity contribution >= 4 is 5.97 Å². The molecule has 1 N–H and O–H groups in total. The molecule has 90 valence electrons. The van der Waals surface area contributed by atoms with E-state index in [2.05, 4.69) is 26.1 Å². The van der Waals surface area contributed by atoms with Crippen LogP contribution in [0.1, 0.15) is 52.9 Å². The molecule has 0 spiro atoms. The highest BCUT2D eigenvalue weighted by Crippen LogP contribution is 1.97. The quantitative estimate of drug-likeness (QED) is 0.474. The molecule has 0 aromatic heterocycles. The van der Waals surface area contributed by atoms with Gasteiger partial charge in [-0.1, -0.05) is 33.6 Å². The first-order valence-corrected chi connectivity index (χ1v) is 6.05. The van der Waals surface area contributed by atoms with Crippen molar-refractivity contribution in [2.24, 2.45) is 0 Å². The number of ether oxygens (including phenoxy) is 1. The monoisotopic (exact) mass is 215 g/mol. The van der Waals surface area contributed by atoms with Gasteiger partial charge in [-0.3, -0.25) is 4.79 Å². The number of hydrogen-bond acceptors (Lipinski definition) is 3. The Hall–Kier alpha value is -0.570. The second-order valence-corrected chi connectivity index (χ2v) is 4.14. The van der Waals surface area contributed by atoms with E-state index < -0.39 is 0 Å². The Morgan fingerprint density at radius 3 is 2.60 bits per heavy atom. The smallest absolute Gasteiger partial charge is 0.305 e. The van der Waals surface area contributed by atoms with Crippen LogP contribution in [-0.2, 0) is 9.53 Å². The number of carbonyl (C=O) groups is 1. The topological polar surface area (TPSA) is 38.3 Å². The molecular weight excluding hydrogens is 190 g/mol. The third-order valence-electron chi connectivity index (χ3n) is 2.12. The summed E-state index contributed by atoms with van der Waals surface area (Å²) in [7, 11) is 0. The fraction of sp³-hybridized carbons (Fsp3) is 0.917. The zero-order valence-electron chi connectivity index (χ0n) is 10.3. The molecule has 0 saturated heterocycles. The number of hydrogen-bond donors (Lipinski definition) is 1. The molecule has 3 nitrogen and oxygen atoms in total. The molecule has 0 unspecified atom stereocenters. The molecule has 0 amide bonds. The van der Waals surface area contributed by atoms with Crippen molar-refractivity contribution in [1.29, 1.82) is 0 Å². The lowest BCUT2D eigenvalue weighted by Gasteiger charge is -2.07. The number of unbranched alkanes of at least 4 members (excludes halogenated alkanes) is 2. The average Bonchev–Trinajstić information content (AvgIpc) is 2.19. The second-order valence-electron chi connectivity index (χ2n) is 4.14. The Kier molecular flexibility index (Phi) is 9.59. The van der Waals surface area contributed by atoms with Gasteiger partial charge in [0, 0.05) is 12.5 Å². The van der Waals surface area contributed by atoms with E-state index in [1.54, 1.807) is 0 Å². The molecule has 0 atom stereocenters. The lowest BCUT2D eigenvalue weighted by molar-refractivity contribution is -0.143. The minimum atomic E-state index is -0.0586. The molecule has 0 fully saturated rings. The van der Waals surface area contributed by atoms with Gasteiger partial charge >= 0.3 is 5.97 Å². The largest absolute Gasteiger partial charge is 0.466 e. The second kappa shape index (κ2) is 9.97. The van der Waals surface area contributed by atoms with E-state index in [1.807, 2.05) is 0 Å². The molecule has 0 rings (SSSR count). The van der Waals surface area contributed by atoms with Crippen LogP contribution in [0.2, 0.25) is 0 Å². The van der Waals surface area contributed by atoms with E-state index in [4.69, 9.17) is 4.74 Å². The fourth-order valence-electron chi connectivity index (χ4n) is 1.23. The molecule has 3 heteroatoms. The van der Waals surface area contributed by atoms with Gasteiger partial charge in [-0.2, -0.15) is 0 Å². The van der Waals surface area contributed by atoms with Crippen LogP contribution in [0.4, 0.5) is 0 Å². The van der Waals surface area contributed by atoms with Gasteiger partial charge < -0.3 is 10.1 Å². The summed E-state index contributed by atoms with van der Waals surface area (Å²) in [5.41, 5.74) is 0. The highest BCUT2D eigenvalue weighted by atomic mass is 16.5. The maximum Gasteiger partial charge on any atom is 0.305 e. The van der Waals surface area contributed by atoms with Crippen molar-refractivity contribution in [2.75, 3.05) is 13.2 Å². The highest BCUT2D eigenvalue weighted by Gasteiger charge is 2.02. The fourth-order valence-corrected chi connectivity index (χ4v) is 1.23. The molecule has 0 aromatic rings. The Morgan fingerprint density at radius 2 is 2.00 bits per heavy atom. The van der Waals surface area contributed by atoms with Crippen molar-refractivity contribution in [3.8, 4) is 0 Å². The van der Waals surface area contributed by atoms with Crippen LogP contribution in [0, 0.1) is 0 Å². The van der Waals surface area contributed by atoms with Gasteiger partial charge in [0.25, 0.3) is 0 Å². The number of nitrogens with one attached hydrogen (secondary N) is 1. The molecule has 0 heterocycles. The molecular formula is C12H25NO2. The van der Waals surface area contributed by atoms with E-state index in [0.29, 0.717) is 19.1 Å². The summed E-state index contributed by atoms with van der Waals surface area (Å²) < 4.78 is 5.08. The van der Waals surface area contributed by atoms with E-state index >= 15 is 0 Å². The van der Waals surface area contributed by atoms with Crippen LogP contribution in [0.15, 0.2) is 0 Å². The van der Waals surface area contributed by atoms with Crippen LogP contribution in [-0.4, -0.2) is 25.2 Å². The summed E-state index contributed by atoms with van der Waals surface area (Å²) in [6, 6.07) is 0.491. The molecule has 0 aliphatic carbocycles. The lowest BCUT2D eigenvalue weighted by Crippen LogP contribution is -2.24. The summed E-state index contributed by atoms with van der Waals surface area (Å²) >= 11 is 0. The first kappa shape index (κ1) is 14.4. The summed E-state index contributed by atoms with van der Waals surface area (Å²) in [4.78, 5) is 11.2. The number of rotatable bonds is 9. The van der Waals surface area contributed by atoms with Gasteiger partial charge in [0.2, 0.25) is 0 Å². The van der Waals surface area contributed by atoms with Gasteiger partial charge in [-0.15, -0.1) is 0 Å². The third kappa shape index (κ3) is 11.4. The van der Waals surface area contributed by atoms with Crippen molar-refractivity contribution in [3.63, 3.8) is 0 Å².